The molecule has 0 saturated heterocycles. The van der Waals surface area contributed by atoms with E-state index >= 15 is 0 Å². The maximum absolute atomic E-state index is 4.63. The van der Waals surface area contributed by atoms with Crippen LogP contribution in [0.3, 0.4) is 0 Å². The summed E-state index contributed by atoms with van der Waals surface area (Å²) in [4.78, 5) is 9.18. The van der Waals surface area contributed by atoms with Crippen LogP contribution >= 0.6 is 11.3 Å². The van der Waals surface area contributed by atoms with E-state index < -0.39 is 0 Å². The second-order valence-electron chi connectivity index (χ2n) is 5.23. The molecule has 0 aromatic carbocycles. The van der Waals surface area contributed by atoms with E-state index in [0.29, 0.717) is 6.04 Å². The molecule has 0 saturated carbocycles. The monoisotopic (exact) mass is 301 g/mol. The first-order valence-electron chi connectivity index (χ1n) is 7.13. The third-order valence-corrected chi connectivity index (χ3v) is 4.19. The number of hydrogen-bond donors (Lipinski definition) is 1. The predicted molar refractivity (Wildman–Crippen MR) is 86.8 cm³/mol. The lowest BCUT2D eigenvalue weighted by Crippen LogP contribution is -2.19. The minimum absolute atomic E-state index is 0.308. The van der Waals surface area contributed by atoms with Gasteiger partial charge in [-0.05, 0) is 35.7 Å². The van der Waals surface area contributed by atoms with Crippen molar-refractivity contribution >= 4 is 28.2 Å². The summed E-state index contributed by atoms with van der Waals surface area (Å²) in [5, 5.41) is 13.1. The number of rotatable bonds is 5. The summed E-state index contributed by atoms with van der Waals surface area (Å²) in [7, 11) is 1.91. The number of nitrogens with zero attached hydrogens (tertiary/aromatic N) is 4. The highest BCUT2D eigenvalue weighted by Crippen LogP contribution is 2.21. The molecule has 0 aliphatic carbocycles. The van der Waals surface area contributed by atoms with Gasteiger partial charge in [0.05, 0.1) is 11.6 Å². The van der Waals surface area contributed by atoms with Crippen molar-refractivity contribution in [3.63, 3.8) is 0 Å². The van der Waals surface area contributed by atoms with Crippen molar-refractivity contribution in [3.8, 4) is 0 Å². The number of fused-ring (bicyclic) bond motifs is 1. The Morgan fingerprint density at radius 1 is 1.38 bits per heavy atom. The summed E-state index contributed by atoms with van der Waals surface area (Å²) < 4.78 is 1.80. The zero-order valence-corrected chi connectivity index (χ0v) is 13.3. The maximum Gasteiger partial charge on any atom is 0.163 e. The Morgan fingerprint density at radius 3 is 2.95 bits per heavy atom. The van der Waals surface area contributed by atoms with Crippen molar-refractivity contribution in [3.05, 3.63) is 34.4 Å². The van der Waals surface area contributed by atoms with Gasteiger partial charge in [-0.3, -0.25) is 4.68 Å². The molecule has 3 heterocycles. The van der Waals surface area contributed by atoms with Crippen molar-refractivity contribution in [2.45, 2.75) is 32.7 Å². The quantitative estimate of drug-likeness (QED) is 0.787. The molecule has 3 aromatic heterocycles. The van der Waals surface area contributed by atoms with E-state index in [1.807, 2.05) is 13.2 Å². The van der Waals surface area contributed by atoms with Crippen LogP contribution in [0.25, 0.3) is 11.0 Å². The number of thiophene rings is 1. The zero-order valence-electron chi connectivity index (χ0n) is 12.5. The molecular formula is C15H19N5S. The molecule has 21 heavy (non-hydrogen) atoms. The molecule has 0 amide bonds. The van der Waals surface area contributed by atoms with Gasteiger partial charge in [0.2, 0.25) is 0 Å². The SMILES string of the molecule is CCc1nc(N[C@@H](C)Cc2ccsc2)c2cnn(C)c2n1. The van der Waals surface area contributed by atoms with Crippen molar-refractivity contribution in [1.29, 1.82) is 0 Å². The molecule has 6 heteroatoms. The number of aromatic nitrogens is 4. The molecule has 5 nitrogen and oxygen atoms in total. The predicted octanol–water partition coefficient (Wildman–Crippen LogP) is 3.03. The molecule has 0 aliphatic heterocycles. The second kappa shape index (κ2) is 5.81. The first-order chi connectivity index (χ1) is 10.2. The molecule has 0 fully saturated rings. The van der Waals surface area contributed by atoms with E-state index in [1.54, 1.807) is 16.0 Å². The molecule has 0 bridgehead atoms. The van der Waals surface area contributed by atoms with Crippen molar-refractivity contribution in [2.75, 3.05) is 5.32 Å². The zero-order chi connectivity index (χ0) is 14.8. The van der Waals surface area contributed by atoms with E-state index in [-0.39, 0.29) is 0 Å². The van der Waals surface area contributed by atoms with Gasteiger partial charge >= 0.3 is 0 Å². The van der Waals surface area contributed by atoms with Gasteiger partial charge in [0, 0.05) is 19.5 Å². The van der Waals surface area contributed by atoms with E-state index in [1.165, 1.54) is 5.56 Å². The van der Waals surface area contributed by atoms with Gasteiger partial charge in [-0.15, -0.1) is 0 Å². The van der Waals surface area contributed by atoms with Gasteiger partial charge in [-0.2, -0.15) is 16.4 Å². The third-order valence-electron chi connectivity index (χ3n) is 3.46. The fourth-order valence-corrected chi connectivity index (χ4v) is 3.06. The molecule has 3 rings (SSSR count). The van der Waals surface area contributed by atoms with Crippen LogP contribution in [-0.4, -0.2) is 25.8 Å². The van der Waals surface area contributed by atoms with Crippen molar-refractivity contribution < 1.29 is 0 Å². The second-order valence-corrected chi connectivity index (χ2v) is 6.01. The molecule has 1 N–H and O–H groups in total. The lowest BCUT2D eigenvalue weighted by Gasteiger charge is -2.15. The molecule has 0 radical (unpaired) electrons. The Balaban J connectivity index is 1.88. The van der Waals surface area contributed by atoms with Gasteiger partial charge in [0.1, 0.15) is 11.6 Å². The number of aryl methyl sites for hydroxylation is 2. The highest BCUT2D eigenvalue weighted by atomic mass is 32.1. The minimum Gasteiger partial charge on any atom is -0.367 e. The maximum atomic E-state index is 4.63. The molecular weight excluding hydrogens is 282 g/mol. The highest BCUT2D eigenvalue weighted by Gasteiger charge is 2.13. The lowest BCUT2D eigenvalue weighted by atomic mass is 10.1. The average Bonchev–Trinajstić information content (AvgIpc) is 3.09. The molecule has 1 atom stereocenters. The Hall–Kier alpha value is -1.95. The Labute approximate surface area is 128 Å². The van der Waals surface area contributed by atoms with Crippen molar-refractivity contribution in [2.24, 2.45) is 7.05 Å². The Morgan fingerprint density at radius 2 is 2.24 bits per heavy atom. The van der Waals surface area contributed by atoms with Crippen LogP contribution in [0.15, 0.2) is 23.0 Å². The standard InChI is InChI=1S/C15H19N5S/c1-4-13-18-14(12-8-16-20(3)15(12)19-13)17-10(2)7-11-5-6-21-9-11/h5-6,8-10H,4,7H2,1-3H3,(H,17,18,19)/t10-/m0/s1. The van der Waals surface area contributed by atoms with Crippen LogP contribution < -0.4 is 5.32 Å². The van der Waals surface area contributed by atoms with E-state index in [4.69, 9.17) is 0 Å². The van der Waals surface area contributed by atoms with Gasteiger partial charge in [0.25, 0.3) is 0 Å². The van der Waals surface area contributed by atoms with E-state index in [0.717, 1.165) is 35.5 Å². The lowest BCUT2D eigenvalue weighted by molar-refractivity contribution is 0.773. The van der Waals surface area contributed by atoms with Crippen LogP contribution in [0.2, 0.25) is 0 Å². The Kier molecular flexibility index (Phi) is 3.88. The summed E-state index contributed by atoms with van der Waals surface area (Å²) >= 11 is 1.73. The van der Waals surface area contributed by atoms with Gasteiger partial charge in [-0.1, -0.05) is 6.92 Å². The first kappa shape index (κ1) is 14.0. The van der Waals surface area contributed by atoms with Crippen LogP contribution in [0, 0.1) is 0 Å². The summed E-state index contributed by atoms with van der Waals surface area (Å²) in [5.74, 6) is 1.73. The largest absolute Gasteiger partial charge is 0.367 e. The fourth-order valence-electron chi connectivity index (χ4n) is 2.38. The van der Waals surface area contributed by atoms with E-state index in [2.05, 4.69) is 51.1 Å². The summed E-state index contributed by atoms with van der Waals surface area (Å²) in [6.45, 7) is 4.24. The summed E-state index contributed by atoms with van der Waals surface area (Å²) in [6, 6.07) is 2.47. The molecule has 0 aliphatic rings. The number of anilines is 1. The molecule has 3 aromatic rings. The third kappa shape index (κ3) is 2.90. The molecule has 0 spiro atoms. The van der Waals surface area contributed by atoms with Gasteiger partial charge < -0.3 is 5.32 Å². The first-order valence-corrected chi connectivity index (χ1v) is 8.08. The van der Waals surface area contributed by atoms with Crippen LogP contribution in [-0.2, 0) is 19.9 Å². The summed E-state index contributed by atoms with van der Waals surface area (Å²) in [5.41, 5.74) is 2.24. The minimum atomic E-state index is 0.308. The summed E-state index contributed by atoms with van der Waals surface area (Å²) in [6.07, 6.45) is 3.62. The van der Waals surface area contributed by atoms with Gasteiger partial charge in [0.15, 0.2) is 5.65 Å². The van der Waals surface area contributed by atoms with Crippen LogP contribution in [0.4, 0.5) is 5.82 Å². The van der Waals surface area contributed by atoms with Crippen LogP contribution in [0.5, 0.6) is 0 Å². The normalized spacial score (nSPS) is 12.7. The van der Waals surface area contributed by atoms with Crippen molar-refractivity contribution in [1.82, 2.24) is 19.7 Å². The van der Waals surface area contributed by atoms with Gasteiger partial charge in [-0.25, -0.2) is 9.97 Å². The topological polar surface area (TPSA) is 55.6 Å². The Bertz CT molecular complexity index is 732. The average molecular weight is 301 g/mol. The number of nitrogens with one attached hydrogen (secondary N) is 1. The van der Waals surface area contributed by atoms with Crippen LogP contribution in [0.1, 0.15) is 25.2 Å². The smallest absolute Gasteiger partial charge is 0.163 e. The molecule has 0 unspecified atom stereocenters. The number of hydrogen-bond acceptors (Lipinski definition) is 5. The highest BCUT2D eigenvalue weighted by molar-refractivity contribution is 7.07. The molecule has 110 valence electrons. The van der Waals surface area contributed by atoms with E-state index in [9.17, 15) is 0 Å². The fraction of sp³-hybridized carbons (Fsp3) is 0.400.